The van der Waals surface area contributed by atoms with Crippen molar-refractivity contribution in [2.24, 2.45) is 0 Å². The van der Waals surface area contributed by atoms with E-state index in [4.69, 9.17) is 9.47 Å². The maximum absolute atomic E-state index is 11.2. The molecule has 0 atom stereocenters. The molecular formula is C20H20O3. The molecule has 0 aromatic heterocycles. The van der Waals surface area contributed by atoms with Crippen LogP contribution < -0.4 is 4.74 Å². The zero-order chi connectivity index (χ0) is 16.3. The van der Waals surface area contributed by atoms with Crippen LogP contribution in [-0.2, 0) is 9.53 Å². The Kier molecular flexibility index (Phi) is 6.74. The maximum atomic E-state index is 11.2. The SMILES string of the molecule is CCOC(=O)CCCOc1ccc(C#Cc2ccccc2)cc1. The number of ether oxygens (including phenoxy) is 2. The molecule has 0 amide bonds. The number of rotatable bonds is 6. The van der Waals surface area contributed by atoms with Crippen molar-refractivity contribution in [3.63, 3.8) is 0 Å². The van der Waals surface area contributed by atoms with Gasteiger partial charge in [-0.25, -0.2) is 0 Å². The lowest BCUT2D eigenvalue weighted by molar-refractivity contribution is -0.143. The Balaban J connectivity index is 1.79. The molecule has 0 saturated carbocycles. The average molecular weight is 308 g/mol. The Hall–Kier alpha value is -2.73. The van der Waals surface area contributed by atoms with Gasteiger partial charge in [0.2, 0.25) is 0 Å². The molecular weight excluding hydrogens is 288 g/mol. The van der Waals surface area contributed by atoms with Crippen molar-refractivity contribution < 1.29 is 14.3 Å². The number of hydrogen-bond acceptors (Lipinski definition) is 3. The molecule has 118 valence electrons. The molecule has 3 heteroatoms. The minimum atomic E-state index is -0.178. The van der Waals surface area contributed by atoms with Crippen molar-refractivity contribution in [3.05, 3.63) is 65.7 Å². The van der Waals surface area contributed by atoms with E-state index >= 15 is 0 Å². The lowest BCUT2D eigenvalue weighted by Crippen LogP contribution is -2.06. The number of esters is 1. The molecule has 0 radical (unpaired) electrons. The maximum Gasteiger partial charge on any atom is 0.305 e. The van der Waals surface area contributed by atoms with Gasteiger partial charge in [-0.1, -0.05) is 30.0 Å². The van der Waals surface area contributed by atoms with Gasteiger partial charge >= 0.3 is 5.97 Å². The van der Waals surface area contributed by atoms with Gasteiger partial charge in [0, 0.05) is 17.5 Å². The topological polar surface area (TPSA) is 35.5 Å². The monoisotopic (exact) mass is 308 g/mol. The molecule has 0 bridgehead atoms. The quantitative estimate of drug-likeness (QED) is 0.462. The largest absolute Gasteiger partial charge is 0.494 e. The minimum absolute atomic E-state index is 0.178. The van der Waals surface area contributed by atoms with E-state index in [1.54, 1.807) is 6.92 Å². The van der Waals surface area contributed by atoms with Gasteiger partial charge < -0.3 is 9.47 Å². The highest BCUT2D eigenvalue weighted by Crippen LogP contribution is 2.12. The molecule has 0 fully saturated rings. The molecule has 23 heavy (non-hydrogen) atoms. The van der Waals surface area contributed by atoms with Crippen molar-refractivity contribution in [2.45, 2.75) is 19.8 Å². The highest BCUT2D eigenvalue weighted by Gasteiger charge is 2.01. The fourth-order valence-electron chi connectivity index (χ4n) is 1.94. The Bertz CT molecular complexity index is 664. The van der Waals surface area contributed by atoms with Crippen LogP contribution in [-0.4, -0.2) is 19.2 Å². The third-order valence-corrected chi connectivity index (χ3v) is 3.08. The fraction of sp³-hybridized carbons (Fsp3) is 0.250. The van der Waals surface area contributed by atoms with Crippen LogP contribution in [0.1, 0.15) is 30.9 Å². The van der Waals surface area contributed by atoms with E-state index in [-0.39, 0.29) is 5.97 Å². The molecule has 0 saturated heterocycles. The van der Waals surface area contributed by atoms with E-state index in [0.717, 1.165) is 16.9 Å². The molecule has 0 unspecified atom stereocenters. The third-order valence-electron chi connectivity index (χ3n) is 3.08. The molecule has 2 rings (SSSR count). The van der Waals surface area contributed by atoms with E-state index in [1.807, 2.05) is 54.6 Å². The van der Waals surface area contributed by atoms with Crippen molar-refractivity contribution in [2.75, 3.05) is 13.2 Å². The Morgan fingerprint density at radius 2 is 1.61 bits per heavy atom. The van der Waals surface area contributed by atoms with Crippen LogP contribution in [0.15, 0.2) is 54.6 Å². The van der Waals surface area contributed by atoms with Gasteiger partial charge in [-0.15, -0.1) is 0 Å². The van der Waals surface area contributed by atoms with Crippen LogP contribution in [0, 0.1) is 11.8 Å². The van der Waals surface area contributed by atoms with E-state index < -0.39 is 0 Å². The Morgan fingerprint density at radius 3 is 2.26 bits per heavy atom. The normalized spacial score (nSPS) is 9.61. The molecule has 0 aliphatic rings. The molecule has 3 nitrogen and oxygen atoms in total. The number of carbonyl (C=O) groups is 1. The molecule has 0 spiro atoms. The third kappa shape index (κ3) is 6.27. The fourth-order valence-corrected chi connectivity index (χ4v) is 1.94. The average Bonchev–Trinajstić information content (AvgIpc) is 2.59. The molecule has 0 aliphatic carbocycles. The Labute approximate surface area is 137 Å². The van der Waals surface area contributed by atoms with Gasteiger partial charge in [-0.2, -0.15) is 0 Å². The van der Waals surface area contributed by atoms with E-state index in [0.29, 0.717) is 26.1 Å². The predicted molar refractivity (Wildman–Crippen MR) is 90.2 cm³/mol. The lowest BCUT2D eigenvalue weighted by Gasteiger charge is -2.06. The summed E-state index contributed by atoms with van der Waals surface area (Å²) in [7, 11) is 0. The summed E-state index contributed by atoms with van der Waals surface area (Å²) in [6.07, 6.45) is 1.03. The highest BCUT2D eigenvalue weighted by molar-refractivity contribution is 5.69. The second-order valence-electron chi connectivity index (χ2n) is 4.90. The van der Waals surface area contributed by atoms with Crippen molar-refractivity contribution >= 4 is 5.97 Å². The van der Waals surface area contributed by atoms with Crippen LogP contribution in [0.3, 0.4) is 0 Å². The van der Waals surface area contributed by atoms with Crippen LogP contribution in [0.5, 0.6) is 5.75 Å². The summed E-state index contributed by atoms with van der Waals surface area (Å²) in [5, 5.41) is 0. The van der Waals surface area contributed by atoms with Gasteiger partial charge in [0.25, 0.3) is 0 Å². The first-order chi connectivity index (χ1) is 11.3. The van der Waals surface area contributed by atoms with Crippen molar-refractivity contribution in [1.29, 1.82) is 0 Å². The van der Waals surface area contributed by atoms with Crippen LogP contribution >= 0.6 is 0 Å². The second-order valence-corrected chi connectivity index (χ2v) is 4.90. The number of hydrogen-bond donors (Lipinski definition) is 0. The van der Waals surface area contributed by atoms with Gasteiger partial charge in [0.05, 0.1) is 13.2 Å². The number of benzene rings is 2. The first kappa shape index (κ1) is 16.6. The Morgan fingerprint density at radius 1 is 0.957 bits per heavy atom. The first-order valence-electron chi connectivity index (χ1n) is 7.73. The van der Waals surface area contributed by atoms with Gasteiger partial charge in [0.1, 0.15) is 5.75 Å². The molecule has 0 heterocycles. The van der Waals surface area contributed by atoms with Crippen LogP contribution in [0.2, 0.25) is 0 Å². The van der Waals surface area contributed by atoms with Gasteiger partial charge in [-0.3, -0.25) is 4.79 Å². The summed E-state index contributed by atoms with van der Waals surface area (Å²) in [5.74, 6) is 6.83. The summed E-state index contributed by atoms with van der Waals surface area (Å²) in [6, 6.07) is 17.5. The van der Waals surface area contributed by atoms with Crippen molar-refractivity contribution in [1.82, 2.24) is 0 Å². The first-order valence-corrected chi connectivity index (χ1v) is 7.73. The summed E-state index contributed by atoms with van der Waals surface area (Å²) >= 11 is 0. The molecule has 2 aromatic rings. The van der Waals surface area contributed by atoms with E-state index in [2.05, 4.69) is 11.8 Å². The van der Waals surface area contributed by atoms with E-state index in [1.165, 1.54) is 0 Å². The summed E-state index contributed by atoms with van der Waals surface area (Å²) in [6.45, 7) is 2.72. The highest BCUT2D eigenvalue weighted by atomic mass is 16.5. The standard InChI is InChI=1S/C20H20O3/c1-2-22-20(21)9-6-16-23-19-14-12-18(13-15-19)11-10-17-7-4-3-5-8-17/h3-5,7-8,12-15H,2,6,9,16H2,1H3. The summed E-state index contributed by atoms with van der Waals surface area (Å²) in [4.78, 5) is 11.2. The van der Waals surface area contributed by atoms with Crippen LogP contribution in [0.4, 0.5) is 0 Å². The van der Waals surface area contributed by atoms with Gasteiger partial charge in [0.15, 0.2) is 0 Å². The number of carbonyl (C=O) groups excluding carboxylic acids is 1. The van der Waals surface area contributed by atoms with Crippen molar-refractivity contribution in [3.8, 4) is 17.6 Å². The zero-order valence-electron chi connectivity index (χ0n) is 13.2. The van der Waals surface area contributed by atoms with Gasteiger partial charge in [-0.05, 0) is 49.7 Å². The minimum Gasteiger partial charge on any atom is -0.494 e. The second kappa shape index (κ2) is 9.32. The molecule has 0 N–H and O–H groups in total. The zero-order valence-corrected chi connectivity index (χ0v) is 13.2. The lowest BCUT2D eigenvalue weighted by atomic mass is 10.2. The smallest absolute Gasteiger partial charge is 0.305 e. The van der Waals surface area contributed by atoms with E-state index in [9.17, 15) is 4.79 Å². The summed E-state index contributed by atoms with van der Waals surface area (Å²) < 4.78 is 10.5. The molecule has 0 aliphatic heterocycles. The molecule has 2 aromatic carbocycles. The van der Waals surface area contributed by atoms with Crippen LogP contribution in [0.25, 0.3) is 0 Å². The predicted octanol–water partition coefficient (Wildman–Crippen LogP) is 3.81. The summed E-state index contributed by atoms with van der Waals surface area (Å²) in [5.41, 5.74) is 1.93.